The summed E-state index contributed by atoms with van der Waals surface area (Å²) in [6.45, 7) is 5.41. The number of hydrogen-bond acceptors (Lipinski definition) is 4. The summed E-state index contributed by atoms with van der Waals surface area (Å²) in [7, 11) is 0. The number of para-hydroxylation sites is 1. The lowest BCUT2D eigenvalue weighted by molar-refractivity contribution is -0.132. The number of amides is 2. The molecular formula is C26H29FN4O2S. The molecule has 0 saturated carbocycles. The topological polar surface area (TPSA) is 67.2 Å². The number of benzene rings is 2. The van der Waals surface area contributed by atoms with Crippen LogP contribution < -0.4 is 5.32 Å². The van der Waals surface area contributed by atoms with Gasteiger partial charge in [0.1, 0.15) is 12.4 Å². The van der Waals surface area contributed by atoms with Gasteiger partial charge in [-0.05, 0) is 74.6 Å². The molecule has 1 aliphatic heterocycles. The largest absolute Gasteiger partial charge is 0.341 e. The quantitative estimate of drug-likeness (QED) is 0.476. The molecule has 2 aromatic carbocycles. The van der Waals surface area contributed by atoms with Gasteiger partial charge in [-0.25, -0.2) is 9.37 Å². The van der Waals surface area contributed by atoms with Gasteiger partial charge in [0.25, 0.3) is 0 Å². The van der Waals surface area contributed by atoms with Crippen LogP contribution in [0.3, 0.4) is 0 Å². The monoisotopic (exact) mass is 480 g/mol. The van der Waals surface area contributed by atoms with E-state index in [1.54, 1.807) is 18.3 Å². The van der Waals surface area contributed by atoms with Crippen LogP contribution in [-0.4, -0.2) is 44.6 Å². The number of hydrogen-bond donors (Lipinski definition) is 1. The number of carbonyl (C=O) groups is 2. The van der Waals surface area contributed by atoms with Gasteiger partial charge >= 0.3 is 0 Å². The SMILES string of the molecule is Cc1ccccc1NC(=O)[C@@H](C)Sc1ncc(-c2ccc(F)cc2)n1CC(=O)N1CCCCC1. The molecule has 2 amide bonds. The zero-order valence-electron chi connectivity index (χ0n) is 19.5. The summed E-state index contributed by atoms with van der Waals surface area (Å²) < 4.78 is 15.3. The van der Waals surface area contributed by atoms with E-state index in [0.717, 1.165) is 54.9 Å². The van der Waals surface area contributed by atoms with E-state index in [9.17, 15) is 14.0 Å². The number of aromatic nitrogens is 2. The maximum Gasteiger partial charge on any atom is 0.242 e. The minimum absolute atomic E-state index is 0.0277. The van der Waals surface area contributed by atoms with Crippen LogP contribution in [0.4, 0.5) is 10.1 Å². The molecular weight excluding hydrogens is 451 g/mol. The summed E-state index contributed by atoms with van der Waals surface area (Å²) in [6, 6.07) is 13.8. The van der Waals surface area contributed by atoms with Crippen molar-refractivity contribution in [2.75, 3.05) is 18.4 Å². The van der Waals surface area contributed by atoms with E-state index in [4.69, 9.17) is 0 Å². The Labute approximate surface area is 203 Å². The van der Waals surface area contributed by atoms with Gasteiger partial charge in [0.2, 0.25) is 11.8 Å². The first-order valence-corrected chi connectivity index (χ1v) is 12.4. The Morgan fingerprint density at radius 2 is 1.79 bits per heavy atom. The molecule has 2 heterocycles. The molecule has 1 atom stereocenters. The first-order chi connectivity index (χ1) is 16.4. The molecule has 1 aliphatic rings. The van der Waals surface area contributed by atoms with Crippen molar-refractivity contribution < 1.29 is 14.0 Å². The summed E-state index contributed by atoms with van der Waals surface area (Å²) in [6.07, 6.45) is 4.85. The van der Waals surface area contributed by atoms with E-state index < -0.39 is 5.25 Å². The lowest BCUT2D eigenvalue weighted by Crippen LogP contribution is -2.38. The average Bonchev–Trinajstić information content (AvgIpc) is 3.23. The molecule has 34 heavy (non-hydrogen) atoms. The number of piperidine rings is 1. The Bertz CT molecular complexity index is 1160. The molecule has 1 N–H and O–H groups in total. The summed E-state index contributed by atoms with van der Waals surface area (Å²) in [5.41, 5.74) is 3.25. The Balaban J connectivity index is 1.57. The van der Waals surface area contributed by atoms with Crippen molar-refractivity contribution in [3.63, 3.8) is 0 Å². The first-order valence-electron chi connectivity index (χ1n) is 11.5. The van der Waals surface area contributed by atoms with Crippen LogP contribution in [0.5, 0.6) is 0 Å². The summed E-state index contributed by atoms with van der Waals surface area (Å²) in [5.74, 6) is -0.435. The maximum absolute atomic E-state index is 13.5. The van der Waals surface area contributed by atoms with Gasteiger partial charge in [0.15, 0.2) is 5.16 Å². The van der Waals surface area contributed by atoms with E-state index in [0.29, 0.717) is 5.16 Å². The molecule has 0 spiro atoms. The smallest absolute Gasteiger partial charge is 0.242 e. The molecule has 0 aliphatic carbocycles. The second-order valence-corrected chi connectivity index (χ2v) is 9.83. The number of anilines is 1. The van der Waals surface area contributed by atoms with Crippen molar-refractivity contribution >= 4 is 29.3 Å². The van der Waals surface area contributed by atoms with E-state index in [1.807, 2.05) is 47.6 Å². The number of rotatable bonds is 7. The van der Waals surface area contributed by atoms with Gasteiger partial charge in [0.05, 0.1) is 17.1 Å². The lowest BCUT2D eigenvalue weighted by Gasteiger charge is -2.27. The van der Waals surface area contributed by atoms with Gasteiger partial charge in [-0.3, -0.25) is 9.59 Å². The van der Waals surface area contributed by atoms with Gasteiger partial charge < -0.3 is 14.8 Å². The highest BCUT2D eigenvalue weighted by molar-refractivity contribution is 8.00. The van der Waals surface area contributed by atoms with Crippen LogP contribution in [0, 0.1) is 12.7 Å². The summed E-state index contributed by atoms with van der Waals surface area (Å²) in [5, 5.41) is 3.12. The molecule has 3 aromatic rings. The van der Waals surface area contributed by atoms with Crippen molar-refractivity contribution in [1.29, 1.82) is 0 Å². The average molecular weight is 481 g/mol. The number of nitrogens with one attached hydrogen (secondary N) is 1. The van der Waals surface area contributed by atoms with E-state index in [-0.39, 0.29) is 24.2 Å². The molecule has 6 nitrogen and oxygen atoms in total. The van der Waals surface area contributed by atoms with Crippen molar-refractivity contribution in [2.45, 2.75) is 50.1 Å². The molecule has 0 radical (unpaired) electrons. The molecule has 4 rings (SSSR count). The number of halogens is 1. The standard InChI is InChI=1S/C26H29FN4O2S/c1-18-8-4-5-9-22(18)29-25(33)19(2)34-26-28-16-23(20-10-12-21(27)13-11-20)31(26)17-24(32)30-14-6-3-7-15-30/h4-5,8-13,16,19H,3,6-7,14-15,17H2,1-2H3,(H,29,33)/t19-/m1/s1. The normalized spacial score (nSPS) is 14.6. The Morgan fingerprint density at radius 3 is 2.50 bits per heavy atom. The fourth-order valence-corrected chi connectivity index (χ4v) is 4.88. The van der Waals surface area contributed by atoms with Crippen LogP contribution in [0.2, 0.25) is 0 Å². The molecule has 178 valence electrons. The van der Waals surface area contributed by atoms with Crippen molar-refractivity contribution in [3.8, 4) is 11.3 Å². The highest BCUT2D eigenvalue weighted by atomic mass is 32.2. The number of thioether (sulfide) groups is 1. The van der Waals surface area contributed by atoms with Crippen LogP contribution in [0.15, 0.2) is 59.9 Å². The third kappa shape index (κ3) is 5.67. The third-order valence-corrected chi connectivity index (χ3v) is 7.12. The Hall–Kier alpha value is -3.13. The summed E-state index contributed by atoms with van der Waals surface area (Å²) in [4.78, 5) is 32.4. The minimum atomic E-state index is -0.438. The number of aryl methyl sites for hydroxylation is 1. The molecule has 1 saturated heterocycles. The van der Waals surface area contributed by atoms with Crippen molar-refractivity contribution in [3.05, 3.63) is 66.1 Å². The van der Waals surface area contributed by atoms with Gasteiger partial charge in [-0.2, -0.15) is 0 Å². The van der Waals surface area contributed by atoms with Gasteiger partial charge in [0, 0.05) is 18.8 Å². The second-order valence-electron chi connectivity index (χ2n) is 8.52. The Kier molecular flexibility index (Phi) is 7.67. The van der Waals surface area contributed by atoms with Crippen molar-refractivity contribution in [2.24, 2.45) is 0 Å². The molecule has 0 bridgehead atoms. The second kappa shape index (κ2) is 10.9. The van der Waals surface area contributed by atoms with Crippen LogP contribution in [-0.2, 0) is 16.1 Å². The van der Waals surface area contributed by atoms with E-state index in [1.165, 1.54) is 23.9 Å². The predicted octanol–water partition coefficient (Wildman–Crippen LogP) is 5.13. The number of imidazole rings is 1. The highest BCUT2D eigenvalue weighted by Gasteiger charge is 2.24. The maximum atomic E-state index is 13.5. The fraction of sp³-hybridized carbons (Fsp3) is 0.346. The van der Waals surface area contributed by atoms with Gasteiger partial charge in [-0.1, -0.05) is 30.0 Å². The predicted molar refractivity (Wildman–Crippen MR) is 133 cm³/mol. The highest BCUT2D eigenvalue weighted by Crippen LogP contribution is 2.30. The first kappa shape index (κ1) is 24.0. The van der Waals surface area contributed by atoms with E-state index >= 15 is 0 Å². The zero-order valence-corrected chi connectivity index (χ0v) is 20.3. The fourth-order valence-electron chi connectivity index (χ4n) is 3.99. The summed E-state index contributed by atoms with van der Waals surface area (Å²) >= 11 is 1.31. The van der Waals surface area contributed by atoms with Crippen LogP contribution >= 0.6 is 11.8 Å². The molecule has 8 heteroatoms. The minimum Gasteiger partial charge on any atom is -0.341 e. The van der Waals surface area contributed by atoms with E-state index in [2.05, 4.69) is 10.3 Å². The third-order valence-electron chi connectivity index (χ3n) is 6.02. The van der Waals surface area contributed by atoms with Crippen molar-refractivity contribution in [1.82, 2.24) is 14.5 Å². The molecule has 1 fully saturated rings. The zero-order chi connectivity index (χ0) is 24.1. The Morgan fingerprint density at radius 1 is 1.09 bits per heavy atom. The lowest BCUT2D eigenvalue weighted by atomic mass is 10.1. The number of nitrogens with zero attached hydrogens (tertiary/aromatic N) is 3. The number of likely N-dealkylation sites (tertiary alicyclic amines) is 1. The van der Waals surface area contributed by atoms with Crippen LogP contribution in [0.25, 0.3) is 11.3 Å². The molecule has 0 unspecified atom stereocenters. The molecule has 1 aromatic heterocycles. The van der Waals surface area contributed by atoms with Gasteiger partial charge in [-0.15, -0.1) is 0 Å². The number of carbonyl (C=O) groups excluding carboxylic acids is 2. The van der Waals surface area contributed by atoms with Crippen LogP contribution in [0.1, 0.15) is 31.7 Å².